The first-order chi connectivity index (χ1) is 11.1. The average molecular weight is 250 g/mol. The van der Waals surface area contributed by atoms with Gasteiger partial charge in [-0.05, 0) is 39.1 Å². The van der Waals surface area contributed by atoms with Gasteiger partial charge in [-0.2, -0.15) is 0 Å². The Bertz CT molecular complexity index is 735. The zero-order valence-corrected chi connectivity index (χ0v) is 10.3. The molecule has 0 bridgehead atoms. The second-order valence-corrected chi connectivity index (χ2v) is 4.76. The van der Waals surface area contributed by atoms with Crippen LogP contribution in [0.5, 0.6) is 5.75 Å². The van der Waals surface area contributed by atoms with Crippen LogP contribution in [0.4, 0.5) is 0 Å². The van der Waals surface area contributed by atoms with E-state index in [1.54, 1.807) is 6.92 Å². The number of rotatable bonds is 3. The van der Waals surface area contributed by atoms with Crippen LogP contribution in [0.1, 0.15) is 20.7 Å². The van der Waals surface area contributed by atoms with Crippen LogP contribution in [0, 0.1) is 0 Å². The van der Waals surface area contributed by atoms with Crippen molar-refractivity contribution in [3.63, 3.8) is 0 Å². The fourth-order valence-corrected chi connectivity index (χ4v) is 2.50. The van der Waals surface area contributed by atoms with Gasteiger partial charge in [0.1, 0.15) is 5.75 Å². The third kappa shape index (κ3) is 1.79. The van der Waals surface area contributed by atoms with E-state index in [1.807, 2.05) is 29.0 Å². The van der Waals surface area contributed by atoms with E-state index in [-0.39, 0.29) is 6.54 Å². The molecule has 1 aromatic carbocycles. The van der Waals surface area contributed by atoms with Crippen LogP contribution in [0.2, 0.25) is 0 Å². The number of hydrogen-bond acceptors (Lipinski definition) is 2. The zero-order valence-electron chi connectivity index (χ0n) is 16.3. The van der Waals surface area contributed by atoms with Gasteiger partial charge in [0.15, 0.2) is 0 Å². The summed E-state index contributed by atoms with van der Waals surface area (Å²) in [5, 5.41) is 1.08. The maximum Gasteiger partial charge on any atom is 0.123 e. The molecule has 0 saturated carbocycles. The first-order valence-electron chi connectivity index (χ1n) is 9.12. The van der Waals surface area contributed by atoms with Gasteiger partial charge in [0.25, 0.3) is 0 Å². The smallest absolute Gasteiger partial charge is 0.123 e. The molecular formula is C15H20N2O. The second-order valence-electron chi connectivity index (χ2n) is 4.76. The van der Waals surface area contributed by atoms with E-state index in [4.69, 9.17) is 13.0 Å². The molecule has 0 spiro atoms. The summed E-state index contributed by atoms with van der Waals surface area (Å²) >= 11 is 0. The number of nitrogens with zero attached hydrogens (tertiary/aromatic N) is 2. The van der Waals surface area contributed by atoms with Gasteiger partial charge in [-0.1, -0.05) is 0 Å². The highest BCUT2D eigenvalue weighted by Gasteiger charge is 2.17. The van der Waals surface area contributed by atoms with Crippen LogP contribution in [-0.4, -0.2) is 36.1 Å². The van der Waals surface area contributed by atoms with Crippen LogP contribution in [0.15, 0.2) is 24.4 Å². The quantitative estimate of drug-likeness (QED) is 0.833. The molecule has 1 atom stereocenters. The maximum absolute atomic E-state index is 7.54. The highest BCUT2D eigenvalue weighted by atomic mass is 16.5. The fraction of sp³-hybridized carbons (Fsp3) is 0.467. The van der Waals surface area contributed by atoms with E-state index in [0.717, 1.165) is 28.6 Å². The summed E-state index contributed by atoms with van der Waals surface area (Å²) < 4.78 is 52.7. The number of ether oxygens (including phenoxy) is 1. The molecule has 2 heterocycles. The summed E-state index contributed by atoms with van der Waals surface area (Å²) in [5.41, 5.74) is 2.12. The van der Waals surface area contributed by atoms with Gasteiger partial charge in [0.05, 0.1) is 6.61 Å². The van der Waals surface area contributed by atoms with Crippen molar-refractivity contribution in [3.8, 4) is 5.75 Å². The predicted molar refractivity (Wildman–Crippen MR) is 74.3 cm³/mol. The van der Waals surface area contributed by atoms with E-state index in [0.29, 0.717) is 11.5 Å². The Hall–Kier alpha value is -1.48. The Morgan fingerprint density at radius 2 is 2.33 bits per heavy atom. The molecule has 1 aliphatic rings. The topological polar surface area (TPSA) is 17.4 Å². The molecule has 1 aromatic heterocycles. The number of benzene rings is 1. The summed E-state index contributed by atoms with van der Waals surface area (Å²) in [5.74, 6) is 0.889. The minimum absolute atomic E-state index is 0.278. The van der Waals surface area contributed by atoms with Crippen molar-refractivity contribution in [3.05, 3.63) is 30.0 Å². The Balaban J connectivity index is 1.92. The highest BCUT2D eigenvalue weighted by molar-refractivity contribution is 5.86. The summed E-state index contributed by atoms with van der Waals surface area (Å²) in [6.07, 6.45) is 2.72. The second kappa shape index (κ2) is 4.32. The Kier molecular flexibility index (Phi) is 1.59. The number of fused-ring (bicyclic) bond motifs is 3. The largest absolute Gasteiger partial charge is 0.493 e. The van der Waals surface area contributed by atoms with Crippen molar-refractivity contribution >= 4 is 10.9 Å². The first-order valence-corrected chi connectivity index (χ1v) is 6.12. The Labute approximate surface area is 116 Å². The summed E-state index contributed by atoms with van der Waals surface area (Å²) in [6, 6.07) is 5.15. The maximum atomic E-state index is 7.54. The molecule has 0 fully saturated rings. The van der Waals surface area contributed by atoms with Crippen molar-refractivity contribution in [2.45, 2.75) is 25.9 Å². The van der Waals surface area contributed by atoms with Gasteiger partial charge < -0.3 is 14.2 Å². The molecule has 3 nitrogen and oxygen atoms in total. The molecular weight excluding hydrogens is 224 g/mol. The van der Waals surface area contributed by atoms with E-state index in [1.165, 1.54) is 0 Å². The van der Waals surface area contributed by atoms with Crippen LogP contribution < -0.4 is 4.74 Å². The predicted octanol–water partition coefficient (Wildman–Crippen LogP) is 2.53. The third-order valence-electron chi connectivity index (χ3n) is 3.53. The fourth-order valence-electron chi connectivity index (χ4n) is 2.50. The average Bonchev–Trinajstić information content (AvgIpc) is 3.00. The molecule has 0 N–H and O–H groups in total. The molecule has 18 heavy (non-hydrogen) atoms. The monoisotopic (exact) mass is 250 g/mol. The van der Waals surface area contributed by atoms with E-state index in [2.05, 4.69) is 0 Å². The van der Waals surface area contributed by atoms with Crippen LogP contribution >= 0.6 is 0 Å². The van der Waals surface area contributed by atoms with E-state index < -0.39 is 20.0 Å². The lowest BCUT2D eigenvalue weighted by molar-refractivity contribution is 0.286. The van der Waals surface area contributed by atoms with E-state index in [9.17, 15) is 0 Å². The molecule has 2 aromatic rings. The minimum atomic E-state index is -2.68. The molecule has 1 aliphatic heterocycles. The lowest BCUT2D eigenvalue weighted by Crippen LogP contribution is -2.28. The third-order valence-corrected chi connectivity index (χ3v) is 3.53. The van der Waals surface area contributed by atoms with Crippen molar-refractivity contribution < 1.29 is 13.0 Å². The highest BCUT2D eigenvalue weighted by Crippen LogP contribution is 2.33. The van der Waals surface area contributed by atoms with Gasteiger partial charge in [-0.25, -0.2) is 0 Å². The molecule has 0 amide bonds. The summed E-state index contributed by atoms with van der Waals surface area (Å²) in [7, 11) is 0. The van der Waals surface area contributed by atoms with Crippen LogP contribution in [0.3, 0.4) is 0 Å². The molecule has 0 aliphatic carbocycles. The van der Waals surface area contributed by atoms with Gasteiger partial charge >= 0.3 is 0 Å². The van der Waals surface area contributed by atoms with E-state index >= 15 is 0 Å². The first kappa shape index (κ1) is 6.62. The van der Waals surface area contributed by atoms with Crippen LogP contribution in [0.25, 0.3) is 10.9 Å². The Morgan fingerprint density at radius 1 is 1.44 bits per heavy atom. The van der Waals surface area contributed by atoms with Crippen molar-refractivity contribution in [2.75, 3.05) is 20.6 Å². The minimum Gasteiger partial charge on any atom is -0.493 e. The van der Waals surface area contributed by atoms with Gasteiger partial charge in [0.2, 0.25) is 0 Å². The van der Waals surface area contributed by atoms with Gasteiger partial charge in [0, 0.05) is 49.9 Å². The standard InChI is InChI=1S/C15H20N2O/c1-11(16(2)3)10-17-8-6-12-13-7-9-18-15(13)5-4-14(12)17/h4-6,8,11H,7,9-10H2,1-3H3/t11-/m1/s1/i2D3,3D3. The molecule has 96 valence electrons. The van der Waals surface area contributed by atoms with Crippen LogP contribution in [-0.2, 0) is 13.0 Å². The van der Waals surface area contributed by atoms with Crippen molar-refractivity contribution in [1.29, 1.82) is 0 Å². The normalized spacial score (nSPS) is 22.3. The molecule has 0 saturated heterocycles. The van der Waals surface area contributed by atoms with Gasteiger partial charge in [-0.15, -0.1) is 0 Å². The number of likely N-dealkylation sites (N-methyl/N-ethyl adjacent to an activating group) is 1. The number of hydrogen-bond donors (Lipinski definition) is 0. The Morgan fingerprint density at radius 3 is 3.17 bits per heavy atom. The zero-order chi connectivity index (χ0) is 17.7. The van der Waals surface area contributed by atoms with Crippen molar-refractivity contribution in [1.82, 2.24) is 9.47 Å². The van der Waals surface area contributed by atoms with Crippen molar-refractivity contribution in [2.24, 2.45) is 0 Å². The lowest BCUT2D eigenvalue weighted by Gasteiger charge is -2.20. The summed E-state index contributed by atoms with van der Waals surface area (Å²) in [4.78, 5) is 0.627. The molecule has 3 heteroatoms. The molecule has 3 rings (SSSR count). The number of aromatic nitrogens is 1. The SMILES string of the molecule is [2H]C([2H])([2H])N([C@H](C)Cn1ccc2c3c(ccc21)OCC3)C([2H])([2H])[2H]. The molecule has 0 unspecified atom stereocenters. The van der Waals surface area contributed by atoms with Gasteiger partial charge in [-0.3, -0.25) is 0 Å². The molecule has 0 radical (unpaired) electrons. The lowest BCUT2D eigenvalue weighted by atomic mass is 10.1. The summed E-state index contributed by atoms with van der Waals surface area (Å²) in [6.45, 7) is -2.78.